The van der Waals surface area contributed by atoms with Crippen LogP contribution in [0.4, 0.5) is 6.01 Å². The second-order valence-corrected chi connectivity index (χ2v) is 2.34. The Morgan fingerprint density at radius 3 is 3.08 bits per heavy atom. The Morgan fingerprint density at radius 2 is 2.58 bits per heavy atom. The number of aliphatic hydroxyl groups is 1. The molecule has 0 unspecified atom stereocenters. The Morgan fingerprint density at radius 1 is 1.83 bits per heavy atom. The molecule has 0 aromatic carbocycles. The number of hydrogen-bond donors (Lipinski definition) is 1. The van der Waals surface area contributed by atoms with E-state index in [1.165, 1.54) is 6.26 Å². The molecule has 0 amide bonds. The predicted octanol–water partition coefficient (Wildman–Crippen LogP) is 0.236. The smallest absolute Gasteiger partial charge is 0.298 e. The summed E-state index contributed by atoms with van der Waals surface area (Å²) < 4.78 is 5.03. The molecule has 0 radical (unpaired) electrons. The predicted molar refractivity (Wildman–Crippen MR) is 44.5 cm³/mol. The maximum Gasteiger partial charge on any atom is 0.298 e. The van der Waals surface area contributed by atoms with Crippen molar-refractivity contribution in [2.75, 3.05) is 18.5 Å². The Hall–Kier alpha value is -1.47. The van der Waals surface area contributed by atoms with Gasteiger partial charge >= 0.3 is 0 Å². The molecule has 4 heteroatoms. The minimum absolute atomic E-state index is 0.118. The second-order valence-electron chi connectivity index (χ2n) is 2.34. The van der Waals surface area contributed by atoms with Crippen molar-refractivity contribution in [3.8, 4) is 12.3 Å². The van der Waals surface area contributed by atoms with E-state index < -0.39 is 0 Å². The van der Waals surface area contributed by atoms with Gasteiger partial charge in [0, 0.05) is 7.05 Å². The summed E-state index contributed by atoms with van der Waals surface area (Å²) in [6, 6.07) is 0.428. The minimum Gasteiger partial charge on any atom is -0.432 e. The van der Waals surface area contributed by atoms with Gasteiger partial charge in [-0.2, -0.15) is 4.98 Å². The molecule has 12 heavy (non-hydrogen) atoms. The molecular weight excluding hydrogens is 156 g/mol. The Labute approximate surface area is 70.8 Å². The molecule has 0 saturated carbocycles. The summed E-state index contributed by atoms with van der Waals surface area (Å²) >= 11 is 0. The normalized spacial score (nSPS) is 9.42. The molecule has 4 nitrogen and oxygen atoms in total. The van der Waals surface area contributed by atoms with Crippen molar-refractivity contribution in [1.29, 1.82) is 0 Å². The van der Waals surface area contributed by atoms with Crippen molar-refractivity contribution in [2.24, 2.45) is 0 Å². The first-order chi connectivity index (χ1) is 5.77. The fourth-order valence-electron chi connectivity index (χ4n) is 0.749. The first-order valence-electron chi connectivity index (χ1n) is 3.47. The first-order valence-corrected chi connectivity index (χ1v) is 3.47. The van der Waals surface area contributed by atoms with Crippen LogP contribution in [0.2, 0.25) is 0 Å². The lowest BCUT2D eigenvalue weighted by Crippen LogP contribution is -2.17. The fraction of sp³-hybridized carbons (Fsp3) is 0.375. The molecule has 0 aliphatic heterocycles. The van der Waals surface area contributed by atoms with Crippen LogP contribution in [0.3, 0.4) is 0 Å². The standard InChI is InChI=1S/C8H10N2O2/c1-3-4-10(2)8-9-7(5-11)6-12-8/h1,6,11H,4-5H2,2H3. The summed E-state index contributed by atoms with van der Waals surface area (Å²) in [5.74, 6) is 2.46. The van der Waals surface area contributed by atoms with E-state index in [-0.39, 0.29) is 6.61 Å². The average Bonchev–Trinajstić information content (AvgIpc) is 2.52. The van der Waals surface area contributed by atoms with Gasteiger partial charge in [0.05, 0.1) is 13.2 Å². The van der Waals surface area contributed by atoms with Gasteiger partial charge in [0.2, 0.25) is 0 Å². The Kier molecular flexibility index (Phi) is 2.72. The SMILES string of the molecule is C#CCN(C)c1nc(CO)co1. The van der Waals surface area contributed by atoms with E-state index in [4.69, 9.17) is 15.9 Å². The number of terminal acetylenes is 1. The van der Waals surface area contributed by atoms with Gasteiger partial charge in [-0.15, -0.1) is 6.42 Å². The third-order valence-electron chi connectivity index (χ3n) is 1.36. The van der Waals surface area contributed by atoms with Crippen LogP contribution < -0.4 is 4.90 Å². The molecule has 0 spiro atoms. The van der Waals surface area contributed by atoms with Crippen LogP contribution in [-0.4, -0.2) is 23.7 Å². The third-order valence-corrected chi connectivity index (χ3v) is 1.36. The van der Waals surface area contributed by atoms with Crippen LogP contribution in [0.5, 0.6) is 0 Å². The quantitative estimate of drug-likeness (QED) is 0.653. The molecule has 0 aliphatic carbocycles. The second kappa shape index (κ2) is 3.79. The number of rotatable bonds is 3. The van der Waals surface area contributed by atoms with Crippen molar-refractivity contribution >= 4 is 6.01 Å². The van der Waals surface area contributed by atoms with Gasteiger partial charge in [0.25, 0.3) is 6.01 Å². The van der Waals surface area contributed by atoms with E-state index in [2.05, 4.69) is 10.9 Å². The lowest BCUT2D eigenvalue weighted by Gasteiger charge is -2.08. The highest BCUT2D eigenvalue weighted by Gasteiger charge is 2.06. The van der Waals surface area contributed by atoms with E-state index in [0.29, 0.717) is 18.3 Å². The highest BCUT2D eigenvalue weighted by molar-refractivity contribution is 5.27. The molecule has 0 atom stereocenters. The molecule has 1 N–H and O–H groups in total. The van der Waals surface area contributed by atoms with Crippen LogP contribution in [-0.2, 0) is 6.61 Å². The van der Waals surface area contributed by atoms with E-state index >= 15 is 0 Å². The zero-order valence-electron chi connectivity index (χ0n) is 6.82. The summed E-state index contributed by atoms with van der Waals surface area (Å²) in [6.07, 6.45) is 6.50. The first kappa shape index (κ1) is 8.62. The largest absolute Gasteiger partial charge is 0.432 e. The molecule has 1 heterocycles. The van der Waals surface area contributed by atoms with Crippen LogP contribution in [0.1, 0.15) is 5.69 Å². The minimum atomic E-state index is -0.118. The van der Waals surface area contributed by atoms with E-state index in [9.17, 15) is 0 Å². The summed E-state index contributed by atoms with van der Waals surface area (Å²) in [4.78, 5) is 5.64. The number of aliphatic hydroxyl groups excluding tert-OH is 1. The van der Waals surface area contributed by atoms with Crippen molar-refractivity contribution < 1.29 is 9.52 Å². The van der Waals surface area contributed by atoms with Gasteiger partial charge in [-0.1, -0.05) is 5.92 Å². The maximum atomic E-state index is 8.68. The van der Waals surface area contributed by atoms with Gasteiger partial charge in [-0.25, -0.2) is 0 Å². The van der Waals surface area contributed by atoms with Crippen LogP contribution in [0.15, 0.2) is 10.7 Å². The number of hydrogen-bond acceptors (Lipinski definition) is 4. The van der Waals surface area contributed by atoms with Crippen LogP contribution >= 0.6 is 0 Å². The highest BCUT2D eigenvalue weighted by Crippen LogP contribution is 2.10. The summed E-state index contributed by atoms with van der Waals surface area (Å²) in [5, 5.41) is 8.68. The van der Waals surface area contributed by atoms with Gasteiger partial charge in [0.15, 0.2) is 0 Å². The highest BCUT2D eigenvalue weighted by atomic mass is 16.4. The molecule has 0 aliphatic rings. The van der Waals surface area contributed by atoms with E-state index in [0.717, 1.165) is 0 Å². The van der Waals surface area contributed by atoms with Crippen molar-refractivity contribution in [1.82, 2.24) is 4.98 Å². The van der Waals surface area contributed by atoms with Gasteiger partial charge in [0.1, 0.15) is 12.0 Å². The maximum absolute atomic E-state index is 8.68. The van der Waals surface area contributed by atoms with Crippen LogP contribution in [0.25, 0.3) is 0 Å². The molecule has 64 valence electrons. The monoisotopic (exact) mass is 166 g/mol. The topological polar surface area (TPSA) is 49.5 Å². The lowest BCUT2D eigenvalue weighted by atomic mass is 10.5. The number of oxazole rings is 1. The van der Waals surface area contributed by atoms with Crippen molar-refractivity contribution in [3.05, 3.63) is 12.0 Å². The summed E-state index contributed by atoms with van der Waals surface area (Å²) in [6.45, 7) is 0.318. The average molecular weight is 166 g/mol. The van der Waals surface area contributed by atoms with E-state index in [1.54, 1.807) is 11.9 Å². The zero-order chi connectivity index (χ0) is 8.97. The van der Waals surface area contributed by atoms with Gasteiger partial charge < -0.3 is 14.4 Å². The Balaban J connectivity index is 2.69. The molecule has 0 bridgehead atoms. The number of nitrogens with zero attached hydrogens (tertiary/aromatic N) is 2. The molecule has 1 rings (SSSR count). The molecule has 0 fully saturated rings. The molecule has 1 aromatic rings. The third kappa shape index (κ3) is 1.77. The summed E-state index contributed by atoms with van der Waals surface area (Å²) in [7, 11) is 1.77. The molecule has 1 aromatic heterocycles. The van der Waals surface area contributed by atoms with E-state index in [1.807, 2.05) is 0 Å². The molecular formula is C8H10N2O2. The number of anilines is 1. The molecule has 0 saturated heterocycles. The summed E-state index contributed by atoms with van der Waals surface area (Å²) in [5.41, 5.74) is 0.508. The fourth-order valence-corrected chi connectivity index (χ4v) is 0.749. The lowest BCUT2D eigenvalue weighted by molar-refractivity contribution is 0.276. The van der Waals surface area contributed by atoms with Gasteiger partial charge in [-0.3, -0.25) is 0 Å². The van der Waals surface area contributed by atoms with Crippen LogP contribution in [0, 0.1) is 12.3 Å². The van der Waals surface area contributed by atoms with Crippen molar-refractivity contribution in [3.63, 3.8) is 0 Å². The zero-order valence-corrected chi connectivity index (χ0v) is 6.82. The van der Waals surface area contributed by atoms with Gasteiger partial charge in [-0.05, 0) is 0 Å². The number of aromatic nitrogens is 1. The van der Waals surface area contributed by atoms with Crippen molar-refractivity contribution in [2.45, 2.75) is 6.61 Å². The Bertz CT molecular complexity index is 287.